The van der Waals surface area contributed by atoms with Gasteiger partial charge in [-0.1, -0.05) is 17.3 Å². The predicted octanol–water partition coefficient (Wildman–Crippen LogP) is 4.07. The van der Waals surface area contributed by atoms with Crippen molar-refractivity contribution in [3.63, 3.8) is 0 Å². The molecule has 4 aromatic rings. The molecule has 1 aliphatic rings. The quantitative estimate of drug-likeness (QED) is 0.539. The lowest BCUT2D eigenvalue weighted by Crippen LogP contribution is -2.44. The Kier molecular flexibility index (Phi) is 5.25. The zero-order valence-electron chi connectivity index (χ0n) is 14.6. The average Bonchev–Trinajstić information content (AvgIpc) is 3.39. The van der Waals surface area contributed by atoms with Crippen LogP contribution in [0.5, 0.6) is 0 Å². The summed E-state index contributed by atoms with van der Waals surface area (Å²) in [7, 11) is 2.10. The van der Waals surface area contributed by atoms with Crippen molar-refractivity contribution in [2.45, 2.75) is 6.04 Å². The summed E-state index contributed by atoms with van der Waals surface area (Å²) in [5.74, 6) is 1.32. The summed E-state index contributed by atoms with van der Waals surface area (Å²) < 4.78 is 6.74. The maximum absolute atomic E-state index is 5.54. The number of thiazole rings is 1. The highest BCUT2D eigenvalue weighted by Gasteiger charge is 2.26. The number of para-hydroxylation sites is 1. The summed E-state index contributed by atoms with van der Waals surface area (Å²) in [6.07, 6.45) is 0. The Morgan fingerprint density at radius 2 is 1.96 bits per heavy atom. The van der Waals surface area contributed by atoms with Gasteiger partial charge >= 0.3 is 0 Å². The van der Waals surface area contributed by atoms with Crippen LogP contribution in [0.3, 0.4) is 0 Å². The van der Waals surface area contributed by atoms with Crippen molar-refractivity contribution < 1.29 is 4.52 Å². The van der Waals surface area contributed by atoms with Gasteiger partial charge in [-0.2, -0.15) is 4.98 Å². The number of rotatable bonds is 3. The third kappa shape index (κ3) is 3.51. The first-order chi connectivity index (χ1) is 12.8. The molecule has 0 radical (unpaired) electrons. The second-order valence-corrected chi connectivity index (χ2v) is 8.42. The molecule has 27 heavy (non-hydrogen) atoms. The summed E-state index contributed by atoms with van der Waals surface area (Å²) in [5, 5.41) is 8.62. The standard InChI is InChI=1S/C18H17N5OS2.ClH/c1-23-9-8-19-10-12(23)16-21-17(24-22-16)14-6-7-15(25-14)18-20-11-4-2-3-5-13(11)26-18;/h2-7,12,19H,8-10H2,1H3;1H. The van der Waals surface area contributed by atoms with E-state index in [9.17, 15) is 0 Å². The summed E-state index contributed by atoms with van der Waals surface area (Å²) in [5.41, 5.74) is 1.04. The number of likely N-dealkylation sites (N-methyl/N-ethyl adjacent to an activating group) is 1. The maximum atomic E-state index is 5.54. The molecule has 1 N–H and O–H groups in total. The molecule has 1 saturated heterocycles. The monoisotopic (exact) mass is 419 g/mol. The molecule has 9 heteroatoms. The van der Waals surface area contributed by atoms with Crippen LogP contribution in [0.25, 0.3) is 30.9 Å². The van der Waals surface area contributed by atoms with Crippen LogP contribution in [0.2, 0.25) is 0 Å². The Morgan fingerprint density at radius 3 is 2.81 bits per heavy atom. The molecule has 5 rings (SSSR count). The molecule has 0 aliphatic carbocycles. The minimum atomic E-state index is 0. The Hall–Kier alpha value is -1.84. The van der Waals surface area contributed by atoms with E-state index in [-0.39, 0.29) is 18.4 Å². The van der Waals surface area contributed by atoms with Crippen molar-refractivity contribution in [3.05, 3.63) is 42.2 Å². The van der Waals surface area contributed by atoms with Gasteiger partial charge < -0.3 is 9.84 Å². The van der Waals surface area contributed by atoms with Gasteiger partial charge in [0, 0.05) is 19.6 Å². The van der Waals surface area contributed by atoms with E-state index in [1.807, 2.05) is 24.3 Å². The largest absolute Gasteiger partial charge is 0.333 e. The van der Waals surface area contributed by atoms with Gasteiger partial charge in [-0.3, -0.25) is 4.90 Å². The summed E-state index contributed by atoms with van der Waals surface area (Å²) in [6.45, 7) is 2.82. The van der Waals surface area contributed by atoms with E-state index in [2.05, 4.69) is 39.5 Å². The highest BCUT2D eigenvalue weighted by molar-refractivity contribution is 7.26. The average molecular weight is 420 g/mol. The first kappa shape index (κ1) is 18.5. The van der Waals surface area contributed by atoms with E-state index in [1.165, 1.54) is 4.70 Å². The molecule has 1 atom stereocenters. The third-order valence-corrected chi connectivity index (χ3v) is 6.85. The lowest BCUT2D eigenvalue weighted by molar-refractivity contribution is 0.190. The number of aromatic nitrogens is 3. The molecular formula is C18H18ClN5OS2. The van der Waals surface area contributed by atoms with Crippen LogP contribution in [0.1, 0.15) is 11.9 Å². The van der Waals surface area contributed by atoms with Gasteiger partial charge in [0.1, 0.15) is 5.01 Å². The number of halogens is 1. The molecule has 4 heterocycles. The van der Waals surface area contributed by atoms with Gasteiger partial charge in [0.2, 0.25) is 0 Å². The van der Waals surface area contributed by atoms with E-state index in [0.717, 1.165) is 45.7 Å². The Balaban J connectivity index is 0.00000180. The molecule has 6 nitrogen and oxygen atoms in total. The molecule has 1 aliphatic heterocycles. The maximum Gasteiger partial charge on any atom is 0.268 e. The predicted molar refractivity (Wildman–Crippen MR) is 112 cm³/mol. The summed E-state index contributed by atoms with van der Waals surface area (Å²) in [6, 6.07) is 12.5. The fraction of sp³-hybridized carbons (Fsp3) is 0.278. The zero-order chi connectivity index (χ0) is 17.5. The fourth-order valence-electron chi connectivity index (χ4n) is 3.11. The van der Waals surface area contributed by atoms with Crippen molar-refractivity contribution >= 4 is 45.3 Å². The second kappa shape index (κ2) is 7.65. The van der Waals surface area contributed by atoms with Crippen LogP contribution in [-0.4, -0.2) is 46.7 Å². The SMILES string of the molecule is CN1CCNCC1c1noc(-c2ccc(-c3nc4ccccc4s3)s2)n1.Cl. The van der Waals surface area contributed by atoms with E-state index in [4.69, 9.17) is 9.51 Å². The lowest BCUT2D eigenvalue weighted by atomic mass is 10.2. The van der Waals surface area contributed by atoms with Crippen molar-refractivity contribution in [1.29, 1.82) is 0 Å². The number of benzene rings is 1. The number of hydrogen-bond donors (Lipinski definition) is 1. The van der Waals surface area contributed by atoms with E-state index >= 15 is 0 Å². The van der Waals surface area contributed by atoms with Crippen LogP contribution >= 0.6 is 35.1 Å². The van der Waals surface area contributed by atoms with E-state index in [1.54, 1.807) is 22.7 Å². The number of hydrogen-bond acceptors (Lipinski definition) is 8. The molecule has 1 aromatic carbocycles. The molecular weight excluding hydrogens is 402 g/mol. The Morgan fingerprint density at radius 1 is 1.11 bits per heavy atom. The van der Waals surface area contributed by atoms with Gasteiger partial charge in [-0.15, -0.1) is 35.1 Å². The zero-order valence-corrected chi connectivity index (χ0v) is 17.0. The topological polar surface area (TPSA) is 67.1 Å². The minimum absolute atomic E-state index is 0. The highest BCUT2D eigenvalue weighted by Crippen LogP contribution is 2.37. The number of fused-ring (bicyclic) bond motifs is 1. The minimum Gasteiger partial charge on any atom is -0.333 e. The smallest absolute Gasteiger partial charge is 0.268 e. The van der Waals surface area contributed by atoms with Crippen molar-refractivity contribution in [2.75, 3.05) is 26.7 Å². The molecule has 0 saturated carbocycles. The molecule has 1 unspecified atom stereocenters. The number of thiophene rings is 1. The van der Waals surface area contributed by atoms with Crippen LogP contribution < -0.4 is 5.32 Å². The van der Waals surface area contributed by atoms with Crippen molar-refractivity contribution in [3.8, 4) is 20.7 Å². The van der Waals surface area contributed by atoms with E-state index in [0.29, 0.717) is 5.89 Å². The summed E-state index contributed by atoms with van der Waals surface area (Å²) in [4.78, 5) is 13.7. The van der Waals surface area contributed by atoms with Gasteiger partial charge in [0.25, 0.3) is 5.89 Å². The summed E-state index contributed by atoms with van der Waals surface area (Å²) >= 11 is 3.34. The Bertz CT molecular complexity index is 1030. The van der Waals surface area contributed by atoms with Crippen LogP contribution in [0.15, 0.2) is 40.9 Å². The lowest BCUT2D eigenvalue weighted by Gasteiger charge is -2.30. The second-order valence-electron chi connectivity index (χ2n) is 6.31. The number of nitrogens with zero attached hydrogens (tertiary/aromatic N) is 4. The highest BCUT2D eigenvalue weighted by atomic mass is 35.5. The fourth-order valence-corrected chi connectivity index (χ4v) is 5.06. The van der Waals surface area contributed by atoms with Gasteiger partial charge in [-0.05, 0) is 31.3 Å². The molecule has 3 aromatic heterocycles. The first-order valence-electron chi connectivity index (χ1n) is 8.48. The number of piperazine rings is 1. The normalized spacial score (nSPS) is 17.9. The van der Waals surface area contributed by atoms with Crippen LogP contribution in [0.4, 0.5) is 0 Å². The molecule has 0 bridgehead atoms. The number of nitrogens with one attached hydrogen (secondary N) is 1. The molecule has 140 valence electrons. The van der Waals surface area contributed by atoms with Crippen molar-refractivity contribution in [1.82, 2.24) is 25.3 Å². The van der Waals surface area contributed by atoms with Gasteiger partial charge in [0.15, 0.2) is 5.82 Å². The van der Waals surface area contributed by atoms with Crippen LogP contribution in [0, 0.1) is 0 Å². The Labute approximate surface area is 170 Å². The van der Waals surface area contributed by atoms with Crippen molar-refractivity contribution in [2.24, 2.45) is 0 Å². The molecule has 0 spiro atoms. The first-order valence-corrected chi connectivity index (χ1v) is 10.1. The van der Waals surface area contributed by atoms with E-state index < -0.39 is 0 Å². The van der Waals surface area contributed by atoms with Gasteiger partial charge in [0.05, 0.1) is 26.0 Å². The third-order valence-electron chi connectivity index (χ3n) is 4.57. The van der Waals surface area contributed by atoms with Gasteiger partial charge in [-0.25, -0.2) is 4.98 Å². The molecule has 1 fully saturated rings. The molecule has 0 amide bonds. The van der Waals surface area contributed by atoms with Crippen LogP contribution in [-0.2, 0) is 0 Å².